The Hall–Kier alpha value is -0.180. The van der Waals surface area contributed by atoms with Crippen molar-refractivity contribution < 1.29 is 21.9 Å². The molecular weight excluding hydrogens is 254 g/mol. The predicted octanol–water partition coefficient (Wildman–Crippen LogP) is -0.541. The molecule has 0 bridgehead atoms. The van der Waals surface area contributed by atoms with Crippen molar-refractivity contribution in [3.8, 4) is 0 Å². The highest BCUT2D eigenvalue weighted by Crippen LogP contribution is 2.16. The molecule has 98 valence electrons. The summed E-state index contributed by atoms with van der Waals surface area (Å²) in [7, 11) is -7.54. The molecule has 2 N–H and O–H groups in total. The molecule has 0 amide bonds. The van der Waals surface area contributed by atoms with Gasteiger partial charge in [-0.3, -0.25) is 0 Å². The molecule has 0 aliphatic heterocycles. The Morgan fingerprint density at radius 3 is 1.81 bits per heavy atom. The number of nitrogens with one attached hydrogen (secondary N) is 1. The molecule has 8 heteroatoms. The lowest BCUT2D eigenvalue weighted by molar-refractivity contribution is 0.172. The molecule has 0 heterocycles. The first-order valence-corrected chi connectivity index (χ1v) is 8.61. The standard InChI is InChI=1S/C8H19NO5S2/c1-4-8(5-2,6-10)9-16(13,14)7-15(3,11)12/h9-10H,4-7H2,1-3H3. The number of hydrogen-bond donors (Lipinski definition) is 2. The summed E-state index contributed by atoms with van der Waals surface area (Å²) in [5, 5.41) is 8.21. The summed E-state index contributed by atoms with van der Waals surface area (Å²) in [5.41, 5.74) is -0.969. The third-order valence-electron chi connectivity index (χ3n) is 2.40. The summed E-state index contributed by atoms with van der Waals surface area (Å²) in [6.07, 6.45) is 1.64. The van der Waals surface area contributed by atoms with Gasteiger partial charge in [0.1, 0.15) is 0 Å². The summed E-state index contributed by atoms with van der Waals surface area (Å²) in [4.78, 5) is 0. The lowest BCUT2D eigenvalue weighted by Gasteiger charge is -2.30. The fraction of sp³-hybridized carbons (Fsp3) is 1.00. The second-order valence-electron chi connectivity index (χ2n) is 3.91. The van der Waals surface area contributed by atoms with E-state index in [-0.39, 0.29) is 6.61 Å². The summed E-state index contributed by atoms with van der Waals surface area (Å²) in [5.74, 6) is 0. The van der Waals surface area contributed by atoms with Crippen LogP contribution >= 0.6 is 0 Å². The number of aliphatic hydroxyl groups excluding tert-OH is 1. The number of sulfone groups is 1. The highest BCUT2D eigenvalue weighted by Gasteiger charge is 2.32. The largest absolute Gasteiger partial charge is 0.394 e. The molecule has 0 aromatic rings. The van der Waals surface area contributed by atoms with Gasteiger partial charge in [0, 0.05) is 6.26 Å². The summed E-state index contributed by atoms with van der Waals surface area (Å²) < 4.78 is 47.2. The molecular formula is C8H19NO5S2. The van der Waals surface area contributed by atoms with E-state index in [2.05, 4.69) is 4.72 Å². The van der Waals surface area contributed by atoms with Gasteiger partial charge in [0.15, 0.2) is 14.9 Å². The van der Waals surface area contributed by atoms with E-state index in [9.17, 15) is 16.8 Å². The Balaban J connectivity index is 4.95. The first kappa shape index (κ1) is 15.8. The monoisotopic (exact) mass is 273 g/mol. The van der Waals surface area contributed by atoms with Crippen molar-refractivity contribution >= 4 is 19.9 Å². The van der Waals surface area contributed by atoms with Crippen LogP contribution in [0.4, 0.5) is 0 Å². The van der Waals surface area contributed by atoms with Crippen LogP contribution in [0.2, 0.25) is 0 Å². The molecule has 6 nitrogen and oxygen atoms in total. The van der Waals surface area contributed by atoms with Gasteiger partial charge >= 0.3 is 0 Å². The lowest BCUT2D eigenvalue weighted by Crippen LogP contribution is -2.51. The smallest absolute Gasteiger partial charge is 0.226 e. The first-order valence-electron chi connectivity index (χ1n) is 4.90. The van der Waals surface area contributed by atoms with E-state index in [0.29, 0.717) is 12.8 Å². The Bertz CT molecular complexity index is 399. The molecule has 0 spiro atoms. The Morgan fingerprint density at radius 1 is 1.12 bits per heavy atom. The molecule has 0 radical (unpaired) electrons. The third-order valence-corrected chi connectivity index (χ3v) is 6.10. The van der Waals surface area contributed by atoms with Crippen LogP contribution in [0.1, 0.15) is 26.7 Å². The lowest BCUT2D eigenvalue weighted by atomic mass is 9.96. The van der Waals surface area contributed by atoms with Gasteiger partial charge in [-0.25, -0.2) is 21.6 Å². The van der Waals surface area contributed by atoms with E-state index in [4.69, 9.17) is 5.11 Å². The van der Waals surface area contributed by atoms with Gasteiger partial charge in [-0.1, -0.05) is 13.8 Å². The van der Waals surface area contributed by atoms with Crippen LogP contribution in [0.15, 0.2) is 0 Å². The van der Waals surface area contributed by atoms with Crippen molar-refractivity contribution in [2.75, 3.05) is 17.9 Å². The van der Waals surface area contributed by atoms with E-state index in [0.717, 1.165) is 6.26 Å². The number of sulfonamides is 1. The van der Waals surface area contributed by atoms with Crippen LogP contribution in [-0.4, -0.2) is 45.4 Å². The van der Waals surface area contributed by atoms with Crippen LogP contribution in [0.25, 0.3) is 0 Å². The molecule has 0 aliphatic rings. The van der Waals surface area contributed by atoms with E-state index in [1.165, 1.54) is 0 Å². The highest BCUT2D eigenvalue weighted by molar-refractivity contribution is 8.06. The van der Waals surface area contributed by atoms with E-state index in [1.807, 2.05) is 0 Å². The Kier molecular flexibility index (Phi) is 5.37. The Labute approximate surface area is 97.0 Å². The van der Waals surface area contributed by atoms with Gasteiger partial charge in [-0.15, -0.1) is 0 Å². The fourth-order valence-corrected chi connectivity index (χ4v) is 4.79. The van der Waals surface area contributed by atoms with Gasteiger partial charge in [0.2, 0.25) is 10.0 Å². The zero-order valence-corrected chi connectivity index (χ0v) is 11.4. The van der Waals surface area contributed by atoms with Crippen molar-refractivity contribution in [2.24, 2.45) is 0 Å². The van der Waals surface area contributed by atoms with Gasteiger partial charge in [-0.2, -0.15) is 0 Å². The molecule has 0 aliphatic carbocycles. The van der Waals surface area contributed by atoms with Gasteiger partial charge in [0.25, 0.3) is 0 Å². The van der Waals surface area contributed by atoms with E-state index >= 15 is 0 Å². The SMILES string of the molecule is CCC(CC)(CO)NS(=O)(=O)CS(C)(=O)=O. The molecule has 0 aromatic carbocycles. The maximum atomic E-state index is 11.5. The molecule has 0 fully saturated rings. The van der Waals surface area contributed by atoms with Gasteiger partial charge in [-0.05, 0) is 12.8 Å². The van der Waals surface area contributed by atoms with Crippen molar-refractivity contribution in [2.45, 2.75) is 32.2 Å². The van der Waals surface area contributed by atoms with Crippen molar-refractivity contribution in [3.63, 3.8) is 0 Å². The molecule has 0 aromatic heterocycles. The van der Waals surface area contributed by atoms with Crippen LogP contribution < -0.4 is 4.72 Å². The van der Waals surface area contributed by atoms with Crippen LogP contribution in [0.3, 0.4) is 0 Å². The molecule has 0 saturated carbocycles. The number of hydrogen-bond acceptors (Lipinski definition) is 5. The van der Waals surface area contributed by atoms with Gasteiger partial charge < -0.3 is 5.11 Å². The topological polar surface area (TPSA) is 101 Å². The molecule has 16 heavy (non-hydrogen) atoms. The summed E-state index contributed by atoms with van der Waals surface area (Å²) >= 11 is 0. The minimum absolute atomic E-state index is 0.358. The van der Waals surface area contributed by atoms with Crippen molar-refractivity contribution in [1.29, 1.82) is 0 Å². The molecule has 0 saturated heterocycles. The molecule has 0 rings (SSSR count). The average Bonchev–Trinajstić information content (AvgIpc) is 2.10. The minimum atomic E-state index is -3.93. The molecule has 0 atom stereocenters. The predicted molar refractivity (Wildman–Crippen MR) is 62.2 cm³/mol. The summed E-state index contributed by atoms with van der Waals surface area (Å²) in [6.45, 7) is 3.09. The van der Waals surface area contributed by atoms with Crippen LogP contribution in [0, 0.1) is 0 Å². The second-order valence-corrected chi connectivity index (χ2v) is 8.13. The van der Waals surface area contributed by atoms with E-state index in [1.54, 1.807) is 13.8 Å². The number of rotatable bonds is 7. The first-order chi connectivity index (χ1) is 7.10. The maximum absolute atomic E-state index is 11.5. The third kappa shape index (κ3) is 5.24. The van der Waals surface area contributed by atoms with Gasteiger partial charge in [0.05, 0.1) is 12.1 Å². The fourth-order valence-electron chi connectivity index (χ4n) is 1.29. The average molecular weight is 273 g/mol. The number of aliphatic hydroxyl groups is 1. The van der Waals surface area contributed by atoms with Crippen LogP contribution in [0.5, 0.6) is 0 Å². The Morgan fingerprint density at radius 2 is 1.56 bits per heavy atom. The highest BCUT2D eigenvalue weighted by atomic mass is 32.3. The van der Waals surface area contributed by atoms with Crippen molar-refractivity contribution in [1.82, 2.24) is 4.72 Å². The second kappa shape index (κ2) is 5.44. The molecule has 0 unspecified atom stereocenters. The normalized spacial score (nSPS) is 14.0. The van der Waals surface area contributed by atoms with E-state index < -0.39 is 30.5 Å². The van der Waals surface area contributed by atoms with Crippen LogP contribution in [-0.2, 0) is 19.9 Å². The zero-order chi connectivity index (χ0) is 13.0. The zero-order valence-electron chi connectivity index (χ0n) is 9.73. The van der Waals surface area contributed by atoms with Crippen molar-refractivity contribution in [3.05, 3.63) is 0 Å². The maximum Gasteiger partial charge on any atom is 0.226 e. The summed E-state index contributed by atoms with van der Waals surface area (Å²) in [6, 6.07) is 0. The minimum Gasteiger partial charge on any atom is -0.394 e. The quantitative estimate of drug-likeness (QED) is 0.649.